The maximum absolute atomic E-state index is 14.3. The number of ketones is 1. The molecular formula is C26H33O2P. The van der Waals surface area contributed by atoms with Crippen LogP contribution in [0.3, 0.4) is 0 Å². The molecular weight excluding hydrogens is 375 g/mol. The molecule has 2 aliphatic rings. The van der Waals surface area contributed by atoms with Crippen molar-refractivity contribution in [2.45, 2.75) is 52.4 Å². The number of hydrogen-bond donors (Lipinski definition) is 0. The normalized spacial score (nSPS) is 28.1. The standard InChI is InChI=1S/C26H33O2P/c1-20(25-14-13-21-19-22(27)15-17-26(21,25)2)16-18-29(28,23-9-5-3-6-10-23)24-11-7-4-8-12-24/h3-12,20-21,25H,13-19H2,1-2H3. The molecule has 0 N–H and O–H groups in total. The van der Waals surface area contributed by atoms with Crippen molar-refractivity contribution in [3.63, 3.8) is 0 Å². The van der Waals surface area contributed by atoms with Gasteiger partial charge in [-0.15, -0.1) is 0 Å². The molecule has 2 aromatic rings. The van der Waals surface area contributed by atoms with E-state index in [1.807, 2.05) is 60.7 Å². The van der Waals surface area contributed by atoms with Crippen LogP contribution in [0.15, 0.2) is 60.7 Å². The number of hydrogen-bond acceptors (Lipinski definition) is 2. The summed E-state index contributed by atoms with van der Waals surface area (Å²) < 4.78 is 14.3. The van der Waals surface area contributed by atoms with Gasteiger partial charge in [0.1, 0.15) is 12.9 Å². The zero-order valence-electron chi connectivity index (χ0n) is 17.7. The number of Topliss-reactive ketones (excluding diaryl/α,β-unsaturated/α-hetero) is 1. The molecule has 4 atom stereocenters. The highest BCUT2D eigenvalue weighted by molar-refractivity contribution is 7.78. The first-order valence-electron chi connectivity index (χ1n) is 11.2. The van der Waals surface area contributed by atoms with Crippen molar-refractivity contribution >= 4 is 23.5 Å². The van der Waals surface area contributed by atoms with E-state index in [0.717, 1.165) is 42.5 Å². The van der Waals surface area contributed by atoms with Gasteiger partial charge in [-0.25, -0.2) is 0 Å². The van der Waals surface area contributed by atoms with Crippen LogP contribution in [0.25, 0.3) is 0 Å². The van der Waals surface area contributed by atoms with Gasteiger partial charge in [0.05, 0.1) is 0 Å². The summed E-state index contributed by atoms with van der Waals surface area (Å²) >= 11 is 0. The van der Waals surface area contributed by atoms with Crippen molar-refractivity contribution in [2.24, 2.45) is 23.2 Å². The first-order valence-corrected chi connectivity index (χ1v) is 13.0. The van der Waals surface area contributed by atoms with Gasteiger partial charge in [-0.2, -0.15) is 0 Å². The number of rotatable bonds is 6. The Bertz CT molecular complexity index is 848. The third kappa shape index (κ3) is 3.89. The predicted molar refractivity (Wildman–Crippen MR) is 122 cm³/mol. The lowest BCUT2D eigenvalue weighted by molar-refractivity contribution is -0.125. The van der Waals surface area contributed by atoms with Crippen LogP contribution in [0.1, 0.15) is 52.4 Å². The molecule has 2 aliphatic carbocycles. The van der Waals surface area contributed by atoms with Crippen molar-refractivity contribution in [2.75, 3.05) is 6.16 Å². The Balaban J connectivity index is 1.54. The first-order chi connectivity index (χ1) is 13.9. The minimum absolute atomic E-state index is 0.289. The highest BCUT2D eigenvalue weighted by Gasteiger charge is 2.50. The van der Waals surface area contributed by atoms with E-state index in [1.54, 1.807) is 0 Å². The summed E-state index contributed by atoms with van der Waals surface area (Å²) in [6.07, 6.45) is 6.68. The van der Waals surface area contributed by atoms with Gasteiger partial charge in [0.25, 0.3) is 0 Å². The summed E-state index contributed by atoms with van der Waals surface area (Å²) in [6.45, 7) is 4.78. The van der Waals surface area contributed by atoms with E-state index >= 15 is 0 Å². The molecule has 29 heavy (non-hydrogen) atoms. The summed E-state index contributed by atoms with van der Waals surface area (Å²) in [5.74, 6) is 2.18. The molecule has 2 nitrogen and oxygen atoms in total. The molecule has 0 aliphatic heterocycles. The minimum atomic E-state index is -2.64. The Morgan fingerprint density at radius 2 is 1.59 bits per heavy atom. The van der Waals surface area contributed by atoms with Crippen LogP contribution in [-0.2, 0) is 9.36 Å². The van der Waals surface area contributed by atoms with E-state index in [1.165, 1.54) is 12.8 Å². The van der Waals surface area contributed by atoms with E-state index in [4.69, 9.17) is 0 Å². The van der Waals surface area contributed by atoms with Crippen LogP contribution in [-0.4, -0.2) is 11.9 Å². The highest BCUT2D eigenvalue weighted by atomic mass is 31.2. The average Bonchev–Trinajstić information content (AvgIpc) is 3.09. The molecule has 154 valence electrons. The molecule has 0 aromatic heterocycles. The summed E-state index contributed by atoms with van der Waals surface area (Å²) in [7, 11) is -2.64. The van der Waals surface area contributed by atoms with Crippen LogP contribution in [0.2, 0.25) is 0 Å². The van der Waals surface area contributed by atoms with Gasteiger partial charge >= 0.3 is 0 Å². The lowest BCUT2D eigenvalue weighted by Gasteiger charge is -2.42. The second-order valence-corrected chi connectivity index (χ2v) is 12.5. The Labute approximate surface area is 175 Å². The fraction of sp³-hybridized carbons (Fsp3) is 0.500. The van der Waals surface area contributed by atoms with E-state index in [-0.39, 0.29) is 5.41 Å². The van der Waals surface area contributed by atoms with Gasteiger partial charge in [-0.05, 0) is 48.9 Å². The zero-order chi connectivity index (χ0) is 20.5. The molecule has 4 rings (SSSR count). The van der Waals surface area contributed by atoms with Crippen molar-refractivity contribution < 1.29 is 9.36 Å². The smallest absolute Gasteiger partial charge is 0.143 e. The van der Waals surface area contributed by atoms with Gasteiger partial charge in [0.2, 0.25) is 0 Å². The second kappa shape index (κ2) is 8.23. The van der Waals surface area contributed by atoms with Crippen LogP contribution < -0.4 is 10.6 Å². The molecule has 2 saturated carbocycles. The lowest BCUT2D eigenvalue weighted by Crippen LogP contribution is -2.37. The van der Waals surface area contributed by atoms with E-state index < -0.39 is 7.14 Å². The quantitative estimate of drug-likeness (QED) is 0.565. The second-order valence-electron chi connectivity index (χ2n) is 9.53. The maximum atomic E-state index is 14.3. The minimum Gasteiger partial charge on any atom is -0.314 e. The summed E-state index contributed by atoms with van der Waals surface area (Å²) in [4.78, 5) is 12.0. The Morgan fingerprint density at radius 3 is 2.17 bits per heavy atom. The molecule has 0 saturated heterocycles. The van der Waals surface area contributed by atoms with Crippen LogP contribution in [0.5, 0.6) is 0 Å². The molecule has 2 fully saturated rings. The number of carbonyl (C=O) groups is 1. The SMILES string of the molecule is CC(CCP(=O)(c1ccccc1)c1ccccc1)C1CCC2CC(=O)CCC21C. The van der Waals surface area contributed by atoms with Gasteiger partial charge < -0.3 is 4.57 Å². The highest BCUT2D eigenvalue weighted by Crippen LogP contribution is 2.58. The summed E-state index contributed by atoms with van der Waals surface area (Å²) in [6, 6.07) is 20.1. The molecule has 0 spiro atoms. The largest absolute Gasteiger partial charge is 0.314 e. The van der Waals surface area contributed by atoms with Crippen molar-refractivity contribution in [3.05, 3.63) is 60.7 Å². The van der Waals surface area contributed by atoms with Gasteiger partial charge in [-0.1, -0.05) is 74.5 Å². The molecule has 2 aromatic carbocycles. The fourth-order valence-electron chi connectivity index (χ4n) is 6.12. The zero-order valence-corrected chi connectivity index (χ0v) is 18.6. The van der Waals surface area contributed by atoms with Crippen LogP contribution in [0.4, 0.5) is 0 Å². The monoisotopic (exact) mass is 408 g/mol. The topological polar surface area (TPSA) is 34.1 Å². The fourth-order valence-corrected chi connectivity index (χ4v) is 9.01. The molecule has 0 heterocycles. The van der Waals surface area contributed by atoms with Crippen molar-refractivity contribution in [1.82, 2.24) is 0 Å². The Hall–Kier alpha value is -1.66. The predicted octanol–water partition coefficient (Wildman–Crippen LogP) is 5.81. The van der Waals surface area contributed by atoms with Gasteiger partial charge in [-0.3, -0.25) is 4.79 Å². The van der Waals surface area contributed by atoms with Gasteiger partial charge in [0.15, 0.2) is 0 Å². The molecule has 3 heteroatoms. The first kappa shape index (κ1) is 20.6. The van der Waals surface area contributed by atoms with Gasteiger partial charge in [0, 0.05) is 29.6 Å². The molecule has 0 radical (unpaired) electrons. The molecule has 4 unspecified atom stereocenters. The van der Waals surface area contributed by atoms with Crippen LogP contribution in [0, 0.1) is 23.2 Å². The third-order valence-electron chi connectivity index (χ3n) is 7.96. The van der Waals surface area contributed by atoms with E-state index in [0.29, 0.717) is 23.5 Å². The molecule has 0 amide bonds. The summed E-state index contributed by atoms with van der Waals surface area (Å²) in [5, 5.41) is 1.94. The molecule has 0 bridgehead atoms. The maximum Gasteiger partial charge on any atom is 0.143 e. The van der Waals surface area contributed by atoms with Crippen molar-refractivity contribution in [3.8, 4) is 0 Å². The lowest BCUT2D eigenvalue weighted by atomic mass is 9.62. The third-order valence-corrected chi connectivity index (χ3v) is 11.1. The van der Waals surface area contributed by atoms with E-state index in [9.17, 15) is 9.36 Å². The Morgan fingerprint density at radius 1 is 1.00 bits per heavy atom. The number of carbonyl (C=O) groups excluding carboxylic acids is 1. The number of fused-ring (bicyclic) bond motifs is 1. The van der Waals surface area contributed by atoms with Crippen molar-refractivity contribution in [1.29, 1.82) is 0 Å². The Kier molecular flexibility index (Phi) is 5.85. The van der Waals surface area contributed by atoms with Crippen LogP contribution >= 0.6 is 7.14 Å². The number of benzene rings is 2. The average molecular weight is 409 g/mol. The van der Waals surface area contributed by atoms with E-state index in [2.05, 4.69) is 13.8 Å². The summed E-state index contributed by atoms with van der Waals surface area (Å²) in [5.41, 5.74) is 0.289.